The van der Waals surface area contributed by atoms with Gasteiger partial charge in [0.15, 0.2) is 0 Å². The van der Waals surface area contributed by atoms with Crippen molar-refractivity contribution in [2.45, 2.75) is 0 Å². The van der Waals surface area contributed by atoms with E-state index in [1.165, 1.54) is 76.5 Å². The monoisotopic (exact) mass is 506 g/mol. The summed E-state index contributed by atoms with van der Waals surface area (Å²) in [5, 5.41) is 10.2. The van der Waals surface area contributed by atoms with Crippen LogP contribution >= 0.6 is 0 Å². The average Bonchev–Trinajstić information content (AvgIpc) is 3.03. The molecule has 40 heavy (non-hydrogen) atoms. The molecule has 8 aromatic rings. The Morgan fingerprint density at radius 3 is 1.35 bits per heavy atom. The van der Waals surface area contributed by atoms with Gasteiger partial charge in [-0.1, -0.05) is 146 Å². The lowest BCUT2D eigenvalue weighted by Crippen LogP contribution is -1.88. The minimum atomic E-state index is 1.23. The van der Waals surface area contributed by atoms with Crippen LogP contribution < -0.4 is 0 Å². The van der Waals surface area contributed by atoms with Crippen LogP contribution in [0.4, 0.5) is 0 Å². The van der Waals surface area contributed by atoms with Crippen molar-refractivity contribution in [3.63, 3.8) is 0 Å². The van der Waals surface area contributed by atoms with Gasteiger partial charge in [-0.15, -0.1) is 0 Å². The first-order chi connectivity index (χ1) is 19.8. The Balaban J connectivity index is 1.33. The second-order valence-electron chi connectivity index (χ2n) is 10.5. The molecule has 0 nitrogen and oxygen atoms in total. The van der Waals surface area contributed by atoms with Gasteiger partial charge in [-0.2, -0.15) is 0 Å². The summed E-state index contributed by atoms with van der Waals surface area (Å²) in [7, 11) is 0. The third kappa shape index (κ3) is 3.69. The van der Waals surface area contributed by atoms with Crippen molar-refractivity contribution in [3.8, 4) is 33.4 Å². The zero-order valence-electron chi connectivity index (χ0n) is 22.0. The molecule has 0 atom stereocenters. The molecule has 0 aliphatic rings. The van der Waals surface area contributed by atoms with Crippen LogP contribution in [0.5, 0.6) is 0 Å². The topological polar surface area (TPSA) is 0 Å². The van der Waals surface area contributed by atoms with Gasteiger partial charge >= 0.3 is 0 Å². The smallest absolute Gasteiger partial charge is 0.00928 e. The molecule has 0 aromatic heterocycles. The molecule has 0 aliphatic heterocycles. The van der Waals surface area contributed by atoms with Crippen LogP contribution in [0.25, 0.3) is 76.5 Å². The summed E-state index contributed by atoms with van der Waals surface area (Å²) in [4.78, 5) is 0. The molecule has 186 valence electrons. The fourth-order valence-corrected chi connectivity index (χ4v) is 6.29. The largest absolute Gasteiger partial charge is 0.0616 e. The fraction of sp³-hybridized carbons (Fsp3) is 0. The van der Waals surface area contributed by atoms with Gasteiger partial charge in [0.25, 0.3) is 0 Å². The summed E-state index contributed by atoms with van der Waals surface area (Å²) in [5.74, 6) is 0. The second kappa shape index (κ2) is 9.22. The first-order valence-electron chi connectivity index (χ1n) is 13.9. The molecule has 0 aliphatic carbocycles. The Morgan fingerprint density at radius 1 is 0.225 bits per heavy atom. The van der Waals surface area contributed by atoms with E-state index in [-0.39, 0.29) is 0 Å². The second-order valence-corrected chi connectivity index (χ2v) is 10.5. The zero-order chi connectivity index (χ0) is 26.5. The summed E-state index contributed by atoms with van der Waals surface area (Å²) in [6, 6.07) is 57.6. The van der Waals surface area contributed by atoms with Gasteiger partial charge in [0.2, 0.25) is 0 Å². The van der Waals surface area contributed by atoms with Crippen LogP contribution in [0.1, 0.15) is 0 Å². The molecule has 8 rings (SSSR count). The molecular formula is C40H26. The number of rotatable bonds is 3. The lowest BCUT2D eigenvalue weighted by molar-refractivity contribution is 1.63. The maximum absolute atomic E-state index is 2.39. The van der Waals surface area contributed by atoms with Crippen LogP contribution in [-0.2, 0) is 0 Å². The molecule has 0 spiro atoms. The van der Waals surface area contributed by atoms with E-state index in [0.29, 0.717) is 0 Å². The van der Waals surface area contributed by atoms with E-state index in [1.807, 2.05) is 0 Å². The number of hydrogen-bond donors (Lipinski definition) is 0. The van der Waals surface area contributed by atoms with E-state index >= 15 is 0 Å². The van der Waals surface area contributed by atoms with E-state index in [0.717, 1.165) is 0 Å². The Labute approximate surface area is 233 Å². The van der Waals surface area contributed by atoms with Crippen molar-refractivity contribution in [2.75, 3.05) is 0 Å². The molecule has 0 fully saturated rings. The van der Waals surface area contributed by atoms with Crippen molar-refractivity contribution >= 4 is 43.1 Å². The van der Waals surface area contributed by atoms with Crippen molar-refractivity contribution in [3.05, 3.63) is 158 Å². The summed E-state index contributed by atoms with van der Waals surface area (Å²) >= 11 is 0. The van der Waals surface area contributed by atoms with Crippen LogP contribution in [0.3, 0.4) is 0 Å². The van der Waals surface area contributed by atoms with Gasteiger partial charge in [0.1, 0.15) is 0 Å². The van der Waals surface area contributed by atoms with E-state index in [9.17, 15) is 0 Å². The third-order valence-electron chi connectivity index (χ3n) is 8.26. The Hall–Kier alpha value is -5.20. The van der Waals surface area contributed by atoms with Gasteiger partial charge in [-0.3, -0.25) is 0 Å². The first kappa shape index (κ1) is 22.8. The van der Waals surface area contributed by atoms with Crippen LogP contribution in [0.2, 0.25) is 0 Å². The standard InChI is InChI=1S/C40H26/c1-4-14-33-27(9-1)12-7-17-35(33)29-19-21-30(22-20-29)39-25-31-11-3-6-16-37(31)38-24-23-32(26-40(38)39)36-18-8-13-28-10-2-5-15-34(28)36/h1-26H. The molecule has 0 saturated heterocycles. The summed E-state index contributed by atoms with van der Waals surface area (Å²) in [6.45, 7) is 0. The Morgan fingerprint density at radius 2 is 0.700 bits per heavy atom. The number of benzene rings is 8. The normalized spacial score (nSPS) is 11.5. The highest BCUT2D eigenvalue weighted by Crippen LogP contribution is 2.39. The molecule has 0 bridgehead atoms. The summed E-state index contributed by atoms with van der Waals surface area (Å²) < 4.78 is 0. The molecule has 0 radical (unpaired) electrons. The predicted octanol–water partition coefficient (Wildman–Crippen LogP) is 11.3. The van der Waals surface area contributed by atoms with Crippen molar-refractivity contribution in [1.82, 2.24) is 0 Å². The summed E-state index contributed by atoms with van der Waals surface area (Å²) in [6.07, 6.45) is 0. The minimum absolute atomic E-state index is 1.23. The van der Waals surface area contributed by atoms with Crippen molar-refractivity contribution in [2.24, 2.45) is 0 Å². The molecule has 0 heterocycles. The van der Waals surface area contributed by atoms with Crippen LogP contribution in [0, 0.1) is 0 Å². The van der Waals surface area contributed by atoms with E-state index in [2.05, 4.69) is 158 Å². The summed E-state index contributed by atoms with van der Waals surface area (Å²) in [5.41, 5.74) is 7.52. The molecule has 0 unspecified atom stereocenters. The highest BCUT2D eigenvalue weighted by Gasteiger charge is 2.12. The van der Waals surface area contributed by atoms with Gasteiger partial charge in [0.05, 0.1) is 0 Å². The minimum Gasteiger partial charge on any atom is -0.0616 e. The maximum Gasteiger partial charge on any atom is -0.00928 e. The molecule has 0 heteroatoms. The molecular weight excluding hydrogens is 480 g/mol. The van der Waals surface area contributed by atoms with Crippen molar-refractivity contribution in [1.29, 1.82) is 0 Å². The highest BCUT2D eigenvalue weighted by atomic mass is 14.2. The third-order valence-corrected chi connectivity index (χ3v) is 8.26. The highest BCUT2D eigenvalue weighted by molar-refractivity contribution is 6.15. The Bertz CT molecular complexity index is 2190. The molecule has 0 N–H and O–H groups in total. The van der Waals surface area contributed by atoms with Gasteiger partial charge in [-0.05, 0) is 88.6 Å². The quantitative estimate of drug-likeness (QED) is 0.209. The lowest BCUT2D eigenvalue weighted by atomic mass is 9.89. The zero-order valence-corrected chi connectivity index (χ0v) is 22.0. The van der Waals surface area contributed by atoms with Gasteiger partial charge in [-0.25, -0.2) is 0 Å². The number of hydrogen-bond acceptors (Lipinski definition) is 0. The first-order valence-corrected chi connectivity index (χ1v) is 13.9. The molecule has 0 saturated carbocycles. The predicted molar refractivity (Wildman–Crippen MR) is 173 cm³/mol. The van der Waals surface area contributed by atoms with Crippen molar-refractivity contribution < 1.29 is 0 Å². The fourth-order valence-electron chi connectivity index (χ4n) is 6.29. The van der Waals surface area contributed by atoms with Crippen LogP contribution in [0.15, 0.2) is 158 Å². The average molecular weight is 507 g/mol. The lowest BCUT2D eigenvalue weighted by Gasteiger charge is -2.15. The van der Waals surface area contributed by atoms with E-state index in [4.69, 9.17) is 0 Å². The van der Waals surface area contributed by atoms with Gasteiger partial charge in [0, 0.05) is 0 Å². The van der Waals surface area contributed by atoms with Crippen LogP contribution in [-0.4, -0.2) is 0 Å². The Kier molecular flexibility index (Phi) is 5.24. The molecule has 0 amide bonds. The van der Waals surface area contributed by atoms with Gasteiger partial charge < -0.3 is 0 Å². The van der Waals surface area contributed by atoms with E-state index in [1.54, 1.807) is 0 Å². The maximum atomic E-state index is 2.39. The number of fused-ring (bicyclic) bond motifs is 5. The SMILES string of the molecule is c1ccc2c(-c3ccc(-c4cc5ccccc5c5ccc(-c6cccc7ccccc67)cc45)cc3)cccc2c1. The molecule has 8 aromatic carbocycles. The van der Waals surface area contributed by atoms with E-state index < -0.39 is 0 Å².